The molecule has 0 saturated heterocycles. The lowest BCUT2D eigenvalue weighted by molar-refractivity contribution is 0.294. The molecule has 0 radical (unpaired) electrons. The molecule has 2 aliphatic carbocycles. The van der Waals surface area contributed by atoms with Crippen LogP contribution in [0.25, 0.3) is 0 Å². The van der Waals surface area contributed by atoms with Gasteiger partial charge >= 0.3 is 0 Å². The van der Waals surface area contributed by atoms with Crippen LogP contribution < -0.4 is 0 Å². The van der Waals surface area contributed by atoms with Crippen molar-refractivity contribution in [3.63, 3.8) is 0 Å². The van der Waals surface area contributed by atoms with Crippen LogP contribution >= 0.6 is 0 Å². The van der Waals surface area contributed by atoms with Gasteiger partial charge in [0, 0.05) is 0 Å². The van der Waals surface area contributed by atoms with E-state index in [1.165, 1.54) is 19.3 Å². The smallest absolute Gasteiger partial charge is 0.0143 e. The molecule has 2 fully saturated rings. The highest BCUT2D eigenvalue weighted by molar-refractivity contribution is 5.20. The summed E-state index contributed by atoms with van der Waals surface area (Å²) in [4.78, 5) is 0. The minimum absolute atomic E-state index is 0.783. The van der Waals surface area contributed by atoms with Crippen LogP contribution in [0.4, 0.5) is 0 Å². The van der Waals surface area contributed by atoms with Crippen molar-refractivity contribution in [3.05, 3.63) is 12.2 Å². The highest BCUT2D eigenvalue weighted by Crippen LogP contribution is 2.58. The van der Waals surface area contributed by atoms with Gasteiger partial charge in [-0.25, -0.2) is 0 Å². The highest BCUT2D eigenvalue weighted by Gasteiger charge is 2.51. The van der Waals surface area contributed by atoms with Crippen molar-refractivity contribution in [2.75, 3.05) is 0 Å². The topological polar surface area (TPSA) is 0 Å². The fraction of sp³-hybridized carbons (Fsp3) is 0.867. The van der Waals surface area contributed by atoms with Crippen molar-refractivity contribution >= 4 is 0 Å². The zero-order chi connectivity index (χ0) is 11.2. The molecule has 2 aliphatic rings. The zero-order valence-corrected chi connectivity index (χ0v) is 10.8. The first-order valence-electron chi connectivity index (χ1n) is 6.80. The van der Waals surface area contributed by atoms with Gasteiger partial charge in [0.1, 0.15) is 0 Å². The fourth-order valence-electron chi connectivity index (χ4n) is 4.59. The largest absolute Gasteiger partial charge is 0.0993 e. The van der Waals surface area contributed by atoms with Crippen molar-refractivity contribution in [1.29, 1.82) is 0 Å². The molecule has 2 saturated carbocycles. The van der Waals surface area contributed by atoms with Gasteiger partial charge in [-0.3, -0.25) is 0 Å². The summed E-state index contributed by atoms with van der Waals surface area (Å²) in [5, 5.41) is 0. The van der Waals surface area contributed by atoms with E-state index in [1.54, 1.807) is 5.57 Å². The summed E-state index contributed by atoms with van der Waals surface area (Å²) in [6.45, 7) is 14.0. The Morgan fingerprint density at radius 3 is 2.40 bits per heavy atom. The van der Waals surface area contributed by atoms with Gasteiger partial charge in [0.2, 0.25) is 0 Å². The van der Waals surface area contributed by atoms with Crippen LogP contribution in [0.1, 0.15) is 47.0 Å². The van der Waals surface area contributed by atoms with Gasteiger partial charge < -0.3 is 0 Å². The average Bonchev–Trinajstić information content (AvgIpc) is 2.66. The van der Waals surface area contributed by atoms with Gasteiger partial charge in [0.05, 0.1) is 0 Å². The molecule has 0 amide bonds. The maximum Gasteiger partial charge on any atom is -0.0143 e. The Balaban J connectivity index is 2.23. The Kier molecular flexibility index (Phi) is 2.96. The standard InChI is InChI=1S/C15H26/c1-6-12-8-14-13(7-2)9(3)10(4)15(14)11(12)5/h9,11-15H,4,6-8H2,1-3,5H3. The van der Waals surface area contributed by atoms with E-state index in [1.807, 2.05) is 0 Å². The maximum absolute atomic E-state index is 4.40. The van der Waals surface area contributed by atoms with Crippen molar-refractivity contribution in [2.45, 2.75) is 47.0 Å². The first-order chi connectivity index (χ1) is 7.11. The van der Waals surface area contributed by atoms with E-state index in [0.717, 1.165) is 35.5 Å². The van der Waals surface area contributed by atoms with Crippen LogP contribution in [0.5, 0.6) is 0 Å². The Labute approximate surface area is 95.1 Å². The number of allylic oxidation sites excluding steroid dienone is 1. The lowest BCUT2D eigenvalue weighted by atomic mass is 9.83. The molecule has 0 N–H and O–H groups in total. The molecule has 15 heavy (non-hydrogen) atoms. The van der Waals surface area contributed by atoms with Gasteiger partial charge in [-0.2, -0.15) is 0 Å². The van der Waals surface area contributed by atoms with Crippen LogP contribution in [-0.2, 0) is 0 Å². The van der Waals surface area contributed by atoms with Crippen molar-refractivity contribution in [2.24, 2.45) is 35.5 Å². The number of fused-ring (bicyclic) bond motifs is 1. The van der Waals surface area contributed by atoms with Gasteiger partial charge in [0.25, 0.3) is 0 Å². The van der Waals surface area contributed by atoms with Crippen LogP contribution in [0.2, 0.25) is 0 Å². The summed E-state index contributed by atoms with van der Waals surface area (Å²) in [6, 6.07) is 0. The maximum atomic E-state index is 4.40. The number of hydrogen-bond acceptors (Lipinski definition) is 0. The fourth-order valence-corrected chi connectivity index (χ4v) is 4.59. The Bertz CT molecular complexity index is 253. The lowest BCUT2D eigenvalue weighted by Gasteiger charge is -2.22. The Morgan fingerprint density at radius 1 is 1.20 bits per heavy atom. The molecule has 0 bridgehead atoms. The molecule has 6 atom stereocenters. The molecular formula is C15H26. The molecular weight excluding hydrogens is 180 g/mol. The summed E-state index contributed by atoms with van der Waals surface area (Å²) in [5.41, 5.74) is 1.58. The summed E-state index contributed by atoms with van der Waals surface area (Å²) < 4.78 is 0. The van der Waals surface area contributed by atoms with E-state index in [4.69, 9.17) is 0 Å². The number of hydrogen-bond donors (Lipinski definition) is 0. The highest BCUT2D eigenvalue weighted by atomic mass is 14.6. The van der Waals surface area contributed by atoms with E-state index in [2.05, 4.69) is 34.3 Å². The molecule has 86 valence electrons. The molecule has 0 aromatic rings. The molecule has 6 unspecified atom stereocenters. The van der Waals surface area contributed by atoms with Crippen LogP contribution in [0, 0.1) is 35.5 Å². The van der Waals surface area contributed by atoms with Gasteiger partial charge in [0.15, 0.2) is 0 Å². The monoisotopic (exact) mass is 206 g/mol. The Hall–Kier alpha value is -0.260. The zero-order valence-electron chi connectivity index (χ0n) is 10.8. The molecule has 0 heteroatoms. The van der Waals surface area contributed by atoms with Gasteiger partial charge in [-0.05, 0) is 41.9 Å². The first kappa shape index (κ1) is 11.2. The van der Waals surface area contributed by atoms with Crippen molar-refractivity contribution in [1.82, 2.24) is 0 Å². The van der Waals surface area contributed by atoms with Gasteiger partial charge in [-0.15, -0.1) is 0 Å². The molecule has 0 aromatic heterocycles. The van der Waals surface area contributed by atoms with Crippen LogP contribution in [0.3, 0.4) is 0 Å². The summed E-state index contributed by atoms with van der Waals surface area (Å²) in [6.07, 6.45) is 4.20. The lowest BCUT2D eigenvalue weighted by Crippen LogP contribution is -2.13. The minimum atomic E-state index is 0.783. The SMILES string of the molecule is C=C1C(C)C(CC)C2CC(CC)C(C)C12. The van der Waals surface area contributed by atoms with E-state index in [-0.39, 0.29) is 0 Å². The predicted molar refractivity (Wildman–Crippen MR) is 66.6 cm³/mol. The second-order valence-electron chi connectivity index (χ2n) is 5.89. The molecule has 0 heterocycles. The second kappa shape index (κ2) is 3.96. The molecule has 2 rings (SSSR count). The molecule has 0 nitrogen and oxygen atoms in total. The molecule has 0 spiro atoms. The summed E-state index contributed by atoms with van der Waals surface area (Å²) in [7, 11) is 0. The second-order valence-corrected chi connectivity index (χ2v) is 5.89. The summed E-state index contributed by atoms with van der Waals surface area (Å²) in [5.74, 6) is 5.41. The number of rotatable bonds is 2. The predicted octanol–water partition coefficient (Wildman–Crippen LogP) is 4.52. The molecule has 0 aliphatic heterocycles. The normalized spacial score (nSPS) is 49.7. The van der Waals surface area contributed by atoms with Gasteiger partial charge in [-0.1, -0.05) is 52.7 Å². The van der Waals surface area contributed by atoms with E-state index in [0.29, 0.717) is 0 Å². The van der Waals surface area contributed by atoms with Crippen molar-refractivity contribution < 1.29 is 0 Å². The molecule has 0 aromatic carbocycles. The van der Waals surface area contributed by atoms with Crippen LogP contribution in [0.15, 0.2) is 12.2 Å². The van der Waals surface area contributed by atoms with Crippen LogP contribution in [-0.4, -0.2) is 0 Å². The average molecular weight is 206 g/mol. The quantitative estimate of drug-likeness (QED) is 0.583. The minimum Gasteiger partial charge on any atom is -0.0993 e. The third-order valence-corrected chi connectivity index (χ3v) is 5.55. The van der Waals surface area contributed by atoms with Crippen molar-refractivity contribution in [3.8, 4) is 0 Å². The van der Waals surface area contributed by atoms with E-state index >= 15 is 0 Å². The van der Waals surface area contributed by atoms with E-state index in [9.17, 15) is 0 Å². The third kappa shape index (κ3) is 1.48. The third-order valence-electron chi connectivity index (χ3n) is 5.55. The Morgan fingerprint density at radius 2 is 1.87 bits per heavy atom. The summed E-state index contributed by atoms with van der Waals surface area (Å²) >= 11 is 0. The first-order valence-corrected chi connectivity index (χ1v) is 6.80. The van der Waals surface area contributed by atoms with E-state index < -0.39 is 0 Å².